The van der Waals surface area contributed by atoms with Crippen molar-refractivity contribution >= 4 is 58.7 Å². The molecule has 0 saturated carbocycles. The lowest BCUT2D eigenvalue weighted by Crippen LogP contribution is -2.34. The second-order valence-corrected chi connectivity index (χ2v) is 9.99. The van der Waals surface area contributed by atoms with Gasteiger partial charge in [0, 0.05) is 31.7 Å². The van der Waals surface area contributed by atoms with Gasteiger partial charge in [-0.15, -0.1) is 0 Å². The molecule has 188 valence electrons. The fraction of sp³-hybridized carbons (Fsp3) is 0.346. The molecule has 1 aromatic carbocycles. The first kappa shape index (κ1) is 28.2. The first-order chi connectivity index (χ1) is 16.4. The lowest BCUT2D eigenvalue weighted by Gasteiger charge is -2.25. The number of nitrogens with zero attached hydrogens (tertiary/aromatic N) is 3. The van der Waals surface area contributed by atoms with E-state index >= 15 is 0 Å². The van der Waals surface area contributed by atoms with Crippen LogP contribution in [0.5, 0.6) is 0 Å². The van der Waals surface area contributed by atoms with Crippen molar-refractivity contribution in [2.24, 2.45) is 4.99 Å². The lowest BCUT2D eigenvalue weighted by atomic mass is 10.0. The molecule has 7 nitrogen and oxygen atoms in total. The molecular weight excluding hydrogens is 485 g/mol. The van der Waals surface area contributed by atoms with Crippen molar-refractivity contribution in [1.29, 1.82) is 0 Å². The van der Waals surface area contributed by atoms with Gasteiger partial charge in [-0.25, -0.2) is 9.79 Å². The number of carbonyl (C=O) groups is 1. The van der Waals surface area contributed by atoms with Crippen LogP contribution in [0.4, 0.5) is 16.2 Å². The molecule has 3 N–H and O–H groups in total. The zero-order valence-corrected chi connectivity index (χ0v) is 22.5. The summed E-state index contributed by atoms with van der Waals surface area (Å²) in [6.45, 7) is 9.44. The lowest BCUT2D eigenvalue weighted by molar-refractivity contribution is 0.0285. The summed E-state index contributed by atoms with van der Waals surface area (Å²) in [6.07, 6.45) is 8.50. The van der Waals surface area contributed by atoms with E-state index < -0.39 is 17.2 Å². The first-order valence-corrected chi connectivity index (χ1v) is 12.0. The van der Waals surface area contributed by atoms with Crippen LogP contribution >= 0.6 is 23.2 Å². The van der Waals surface area contributed by atoms with Crippen LogP contribution in [0.2, 0.25) is 0 Å². The van der Waals surface area contributed by atoms with Gasteiger partial charge in [-0.3, -0.25) is 4.98 Å². The Labute approximate surface area is 217 Å². The Kier molecular flexibility index (Phi) is 10.2. The van der Waals surface area contributed by atoms with E-state index in [1.807, 2.05) is 64.1 Å². The number of aromatic nitrogens is 1. The van der Waals surface area contributed by atoms with Gasteiger partial charge in [0.25, 0.3) is 0 Å². The number of nitrogens with one attached hydrogen (secondary N) is 1. The summed E-state index contributed by atoms with van der Waals surface area (Å²) in [6, 6.07) is 7.61. The third-order valence-electron chi connectivity index (χ3n) is 4.54. The molecule has 0 aliphatic heterocycles. The highest BCUT2D eigenvalue weighted by molar-refractivity contribution is 6.45. The molecule has 9 heteroatoms. The summed E-state index contributed by atoms with van der Waals surface area (Å²) in [5, 5.41) is 3.69. The maximum absolute atomic E-state index is 12.5. The van der Waals surface area contributed by atoms with Gasteiger partial charge in [-0.05, 0) is 69.5 Å². The normalized spacial score (nSPS) is 13.6. The number of pyridine rings is 1. The van der Waals surface area contributed by atoms with Gasteiger partial charge in [0.1, 0.15) is 16.9 Å². The number of ether oxygens (including phenoxy) is 1. The van der Waals surface area contributed by atoms with E-state index in [0.29, 0.717) is 23.1 Å². The number of rotatable bonds is 7. The molecule has 1 unspecified atom stereocenters. The molecule has 1 aromatic heterocycles. The Morgan fingerprint density at radius 2 is 2.00 bits per heavy atom. The van der Waals surface area contributed by atoms with Crippen molar-refractivity contribution < 1.29 is 9.53 Å². The van der Waals surface area contributed by atoms with E-state index in [4.69, 9.17) is 33.7 Å². The second-order valence-electron chi connectivity index (χ2n) is 8.95. The number of alkyl halides is 1. The van der Waals surface area contributed by atoms with Gasteiger partial charge in [-0.1, -0.05) is 47.5 Å². The predicted molar refractivity (Wildman–Crippen MR) is 148 cm³/mol. The van der Waals surface area contributed by atoms with Crippen LogP contribution in [-0.2, 0) is 11.3 Å². The molecule has 1 heterocycles. The Hall–Kier alpha value is -3.03. The number of amidine groups is 1. The van der Waals surface area contributed by atoms with Crippen LogP contribution in [0.25, 0.3) is 12.2 Å². The number of carbonyl (C=O) groups excluding carboxylic acids is 1. The Morgan fingerprint density at radius 3 is 2.60 bits per heavy atom. The minimum absolute atomic E-state index is 0.347. The van der Waals surface area contributed by atoms with Crippen molar-refractivity contribution in [3.05, 3.63) is 64.5 Å². The molecule has 0 bridgehead atoms. The number of hydrogen-bond donors (Lipinski definition) is 2. The van der Waals surface area contributed by atoms with E-state index in [2.05, 4.69) is 15.3 Å². The molecule has 0 aliphatic carbocycles. The zero-order valence-electron chi connectivity index (χ0n) is 21.0. The molecule has 35 heavy (non-hydrogen) atoms. The van der Waals surface area contributed by atoms with Crippen LogP contribution in [0.15, 0.2) is 52.8 Å². The maximum atomic E-state index is 12.5. The average Bonchev–Trinajstić information content (AvgIpc) is 2.76. The molecule has 0 saturated heterocycles. The Morgan fingerprint density at radius 1 is 1.29 bits per heavy atom. The van der Waals surface area contributed by atoms with E-state index in [-0.39, 0.29) is 0 Å². The van der Waals surface area contributed by atoms with Crippen LogP contribution in [0.1, 0.15) is 51.3 Å². The van der Waals surface area contributed by atoms with Gasteiger partial charge in [0.15, 0.2) is 0 Å². The summed E-state index contributed by atoms with van der Waals surface area (Å²) in [5.74, 6) is 0.463. The molecule has 0 aliphatic rings. The van der Waals surface area contributed by atoms with Crippen LogP contribution in [-0.4, -0.2) is 40.0 Å². The summed E-state index contributed by atoms with van der Waals surface area (Å²) >= 11 is 12.4. The molecule has 2 rings (SSSR count). The van der Waals surface area contributed by atoms with E-state index in [0.717, 1.165) is 22.4 Å². The topological polar surface area (TPSA) is 92.8 Å². The largest absolute Gasteiger partial charge is 0.444 e. The fourth-order valence-corrected chi connectivity index (χ4v) is 3.18. The molecule has 0 fully saturated rings. The number of aliphatic imine (C=N–C) groups is 1. The fourth-order valence-electron chi connectivity index (χ4n) is 2.99. The van der Waals surface area contributed by atoms with E-state index in [1.54, 1.807) is 32.4 Å². The Bertz CT molecular complexity index is 1120. The summed E-state index contributed by atoms with van der Waals surface area (Å²) in [7, 11) is 1.70. The highest BCUT2D eigenvalue weighted by Gasteiger charge is 2.20. The number of allylic oxidation sites excluding steroid dienone is 1. The number of hydrogen-bond acceptors (Lipinski definition) is 5. The number of nitrogen functional groups attached to an aromatic ring is 1. The van der Waals surface area contributed by atoms with Gasteiger partial charge in [0.2, 0.25) is 0 Å². The van der Waals surface area contributed by atoms with Crippen LogP contribution < -0.4 is 11.1 Å². The highest BCUT2D eigenvalue weighted by atomic mass is 35.5. The van der Waals surface area contributed by atoms with E-state index in [1.165, 1.54) is 4.90 Å². The molecular formula is C26H33Cl2N5O2. The van der Waals surface area contributed by atoms with Crippen LogP contribution in [0, 0.1) is 0 Å². The SMILES string of the molecule is C/C=C(Cl)\C(=N/C(C)Cl)Nc1ccc(CN(C)C(=O)OC(C)(C)C)c(/C=C/c2cncc(N)c2)c1. The monoisotopic (exact) mass is 517 g/mol. The third kappa shape index (κ3) is 9.62. The van der Waals surface area contributed by atoms with Crippen molar-refractivity contribution in [2.45, 2.75) is 52.3 Å². The summed E-state index contributed by atoms with van der Waals surface area (Å²) < 4.78 is 5.49. The molecule has 0 radical (unpaired) electrons. The summed E-state index contributed by atoms with van der Waals surface area (Å²) in [4.78, 5) is 22.5. The predicted octanol–water partition coefficient (Wildman–Crippen LogP) is 6.74. The number of benzene rings is 1. The van der Waals surface area contributed by atoms with Crippen molar-refractivity contribution in [1.82, 2.24) is 9.88 Å². The Balaban J connectivity index is 2.42. The first-order valence-electron chi connectivity index (χ1n) is 11.1. The van der Waals surface area contributed by atoms with Crippen LogP contribution in [0.3, 0.4) is 0 Å². The zero-order chi connectivity index (χ0) is 26.2. The minimum atomic E-state index is -0.580. The molecule has 2 aromatic rings. The smallest absolute Gasteiger partial charge is 0.410 e. The van der Waals surface area contributed by atoms with Gasteiger partial charge < -0.3 is 20.7 Å². The van der Waals surface area contributed by atoms with Crippen molar-refractivity contribution in [3.63, 3.8) is 0 Å². The van der Waals surface area contributed by atoms with Gasteiger partial charge in [-0.2, -0.15) is 0 Å². The number of nitrogens with two attached hydrogens (primary N) is 1. The van der Waals surface area contributed by atoms with Crippen molar-refractivity contribution in [2.75, 3.05) is 18.1 Å². The summed E-state index contributed by atoms with van der Waals surface area (Å²) in [5.41, 5.74) is 8.80. The quantitative estimate of drug-likeness (QED) is 0.183. The highest BCUT2D eigenvalue weighted by Crippen LogP contribution is 2.23. The third-order valence-corrected chi connectivity index (χ3v) is 5.04. The molecule has 1 amide bonds. The number of amides is 1. The average molecular weight is 518 g/mol. The van der Waals surface area contributed by atoms with E-state index in [9.17, 15) is 4.79 Å². The standard InChI is InChI=1S/C26H33Cl2N5O2/c1-7-23(28)24(31-17(2)27)32-22-11-10-20(16-33(6)25(34)35-26(3,4)5)19(13-22)9-8-18-12-21(29)15-30-14-18/h7-15,17H,16,29H2,1-6H3,(H,31,32)/b9-8+,23-7+. The molecule has 1 atom stereocenters. The minimum Gasteiger partial charge on any atom is -0.444 e. The van der Waals surface area contributed by atoms with Gasteiger partial charge in [0.05, 0.1) is 10.7 Å². The maximum Gasteiger partial charge on any atom is 0.410 e. The molecule has 0 spiro atoms. The second kappa shape index (κ2) is 12.6. The van der Waals surface area contributed by atoms with Crippen molar-refractivity contribution in [3.8, 4) is 0 Å². The number of anilines is 2. The number of halogens is 2. The van der Waals surface area contributed by atoms with Gasteiger partial charge >= 0.3 is 6.09 Å².